The van der Waals surface area contributed by atoms with Crippen molar-refractivity contribution >= 4 is 11.8 Å². The molecule has 0 aromatic carbocycles. The summed E-state index contributed by atoms with van der Waals surface area (Å²) in [5.41, 5.74) is 0. The van der Waals surface area contributed by atoms with Crippen LogP contribution in [-0.4, -0.2) is 23.9 Å². The van der Waals surface area contributed by atoms with E-state index in [1.54, 1.807) is 12.2 Å². The molecular weight excluding hydrogens is 204 g/mol. The van der Waals surface area contributed by atoms with Gasteiger partial charge in [0.05, 0.1) is 0 Å². The lowest BCUT2D eigenvalue weighted by Crippen LogP contribution is -2.22. The number of rotatable bonds is 2. The van der Waals surface area contributed by atoms with Gasteiger partial charge < -0.3 is 10.6 Å². The number of carbonyl (C=O) groups is 2. The molecule has 2 N–H and O–H groups in total. The number of hydrogen-bond donors (Lipinski definition) is 2. The van der Waals surface area contributed by atoms with Crippen LogP contribution in [0.15, 0.2) is 25.3 Å². The van der Waals surface area contributed by atoms with Crippen LogP contribution in [0.4, 0.5) is 0 Å². The quantitative estimate of drug-likeness (QED) is 0.682. The van der Waals surface area contributed by atoms with Gasteiger partial charge in [-0.1, -0.05) is 12.2 Å². The molecule has 2 saturated heterocycles. The summed E-state index contributed by atoms with van der Waals surface area (Å²) in [4.78, 5) is 20.9. The van der Waals surface area contributed by atoms with Crippen molar-refractivity contribution in [3.63, 3.8) is 0 Å². The monoisotopic (exact) mass is 222 g/mol. The van der Waals surface area contributed by atoms with Crippen LogP contribution in [0, 0.1) is 0 Å². The maximum Gasteiger partial charge on any atom is 0.220 e. The van der Waals surface area contributed by atoms with Crippen LogP contribution in [-0.2, 0) is 9.59 Å². The van der Waals surface area contributed by atoms with Crippen LogP contribution in [0.5, 0.6) is 0 Å². The Kier molecular flexibility index (Phi) is 4.76. The van der Waals surface area contributed by atoms with Crippen molar-refractivity contribution in [3.8, 4) is 0 Å². The molecule has 0 aromatic rings. The van der Waals surface area contributed by atoms with E-state index in [0.717, 1.165) is 12.8 Å². The topological polar surface area (TPSA) is 58.2 Å². The van der Waals surface area contributed by atoms with Gasteiger partial charge >= 0.3 is 0 Å². The molecule has 4 heteroatoms. The normalized spacial score (nSPS) is 27.5. The zero-order valence-corrected chi connectivity index (χ0v) is 9.37. The van der Waals surface area contributed by atoms with Gasteiger partial charge in [0.1, 0.15) is 0 Å². The highest BCUT2D eigenvalue weighted by atomic mass is 16.2. The van der Waals surface area contributed by atoms with Gasteiger partial charge in [-0.05, 0) is 12.8 Å². The van der Waals surface area contributed by atoms with Gasteiger partial charge in [-0.25, -0.2) is 0 Å². The van der Waals surface area contributed by atoms with Crippen molar-refractivity contribution in [2.45, 2.75) is 37.8 Å². The summed E-state index contributed by atoms with van der Waals surface area (Å²) in [6, 6.07) is 0.477. The Morgan fingerprint density at radius 3 is 1.44 bits per heavy atom. The van der Waals surface area contributed by atoms with E-state index in [0.29, 0.717) is 12.8 Å². The highest BCUT2D eigenvalue weighted by Crippen LogP contribution is 2.06. The summed E-state index contributed by atoms with van der Waals surface area (Å²) in [6.07, 6.45) is 6.70. The largest absolute Gasteiger partial charge is 0.350 e. The highest BCUT2D eigenvalue weighted by molar-refractivity contribution is 5.79. The lowest BCUT2D eigenvalue weighted by molar-refractivity contribution is -0.120. The number of carbonyl (C=O) groups excluding carboxylic acids is 2. The summed E-state index contributed by atoms with van der Waals surface area (Å²) >= 11 is 0. The summed E-state index contributed by atoms with van der Waals surface area (Å²) in [5.74, 6) is 0.296. The number of hydrogen-bond acceptors (Lipinski definition) is 2. The molecule has 2 heterocycles. The molecule has 2 atom stereocenters. The Labute approximate surface area is 95.8 Å². The van der Waals surface area contributed by atoms with Crippen molar-refractivity contribution in [3.05, 3.63) is 25.3 Å². The van der Waals surface area contributed by atoms with E-state index >= 15 is 0 Å². The van der Waals surface area contributed by atoms with E-state index in [-0.39, 0.29) is 23.9 Å². The van der Waals surface area contributed by atoms with E-state index in [1.165, 1.54) is 0 Å². The van der Waals surface area contributed by atoms with E-state index in [4.69, 9.17) is 0 Å². The molecule has 2 rings (SSSR count). The van der Waals surface area contributed by atoms with Crippen LogP contribution >= 0.6 is 0 Å². The molecule has 0 spiro atoms. The van der Waals surface area contributed by atoms with Gasteiger partial charge in [0, 0.05) is 24.9 Å². The Balaban J connectivity index is 0.000000160. The molecule has 4 nitrogen and oxygen atoms in total. The summed E-state index contributed by atoms with van der Waals surface area (Å²) in [5, 5.41) is 5.49. The first-order chi connectivity index (χ1) is 7.65. The molecule has 0 aliphatic carbocycles. The van der Waals surface area contributed by atoms with Crippen molar-refractivity contribution < 1.29 is 9.59 Å². The molecular formula is C12H18N2O2. The maximum atomic E-state index is 10.5. The van der Waals surface area contributed by atoms with Crippen LogP contribution in [0.3, 0.4) is 0 Å². The second-order valence-electron chi connectivity index (χ2n) is 3.90. The average Bonchev–Trinajstić information content (AvgIpc) is 2.88. The molecule has 16 heavy (non-hydrogen) atoms. The van der Waals surface area contributed by atoms with E-state index in [9.17, 15) is 9.59 Å². The summed E-state index contributed by atoms with van der Waals surface area (Å²) in [6.45, 7) is 7.12. The minimum absolute atomic E-state index is 0.148. The fraction of sp³-hybridized carbons (Fsp3) is 0.500. The van der Waals surface area contributed by atoms with Crippen molar-refractivity contribution in [2.75, 3.05) is 0 Å². The molecule has 2 aliphatic rings. The Morgan fingerprint density at radius 1 is 0.938 bits per heavy atom. The minimum atomic E-state index is 0.148. The third-order valence-electron chi connectivity index (χ3n) is 2.63. The zero-order valence-electron chi connectivity index (χ0n) is 9.37. The average molecular weight is 222 g/mol. The van der Waals surface area contributed by atoms with Gasteiger partial charge in [0.2, 0.25) is 11.8 Å². The van der Waals surface area contributed by atoms with Crippen molar-refractivity contribution in [1.29, 1.82) is 0 Å². The Morgan fingerprint density at radius 2 is 1.31 bits per heavy atom. The fourth-order valence-electron chi connectivity index (χ4n) is 1.63. The van der Waals surface area contributed by atoms with Crippen LogP contribution in [0.25, 0.3) is 0 Å². The Bertz CT molecular complexity index is 269. The second-order valence-corrected chi connectivity index (χ2v) is 3.90. The molecule has 2 amide bonds. The van der Waals surface area contributed by atoms with Crippen LogP contribution < -0.4 is 10.6 Å². The standard InChI is InChI=1S/2C6H9NO/c2*1-2-5-3-4-6(8)7-5/h2*2,5H,1,3-4H2,(H,7,8)/t2*5-/m11/s1. The zero-order chi connectivity index (χ0) is 12.0. The predicted octanol–water partition coefficient (Wildman–Crippen LogP) is 0.902. The molecule has 0 aromatic heterocycles. The minimum Gasteiger partial charge on any atom is -0.350 e. The van der Waals surface area contributed by atoms with E-state index < -0.39 is 0 Å². The van der Waals surface area contributed by atoms with Crippen molar-refractivity contribution in [2.24, 2.45) is 0 Å². The number of amides is 2. The molecule has 0 unspecified atom stereocenters. The molecule has 0 bridgehead atoms. The van der Waals surface area contributed by atoms with Crippen molar-refractivity contribution in [1.82, 2.24) is 10.6 Å². The highest BCUT2D eigenvalue weighted by Gasteiger charge is 2.17. The van der Waals surface area contributed by atoms with Gasteiger partial charge in [-0.3, -0.25) is 9.59 Å². The maximum absolute atomic E-state index is 10.5. The third-order valence-corrected chi connectivity index (χ3v) is 2.63. The fourth-order valence-corrected chi connectivity index (χ4v) is 1.63. The van der Waals surface area contributed by atoms with Gasteiger partial charge in [0.15, 0.2) is 0 Å². The first-order valence-corrected chi connectivity index (χ1v) is 5.49. The second kappa shape index (κ2) is 6.10. The SMILES string of the molecule is C=C[C@@H]1CCC(=O)N1.C=C[C@@H]1CCC(=O)N1. The van der Waals surface area contributed by atoms with Gasteiger partial charge in [-0.15, -0.1) is 13.2 Å². The smallest absolute Gasteiger partial charge is 0.220 e. The van der Waals surface area contributed by atoms with Crippen LogP contribution in [0.1, 0.15) is 25.7 Å². The predicted molar refractivity (Wildman–Crippen MR) is 62.7 cm³/mol. The molecule has 2 aliphatic heterocycles. The molecule has 88 valence electrons. The Hall–Kier alpha value is -1.58. The van der Waals surface area contributed by atoms with E-state index in [1.807, 2.05) is 0 Å². The lowest BCUT2D eigenvalue weighted by Gasteiger charge is -1.98. The molecule has 0 saturated carbocycles. The molecule has 2 fully saturated rings. The van der Waals surface area contributed by atoms with Gasteiger partial charge in [-0.2, -0.15) is 0 Å². The van der Waals surface area contributed by atoms with Crippen LogP contribution in [0.2, 0.25) is 0 Å². The van der Waals surface area contributed by atoms with E-state index in [2.05, 4.69) is 23.8 Å². The lowest BCUT2D eigenvalue weighted by atomic mass is 10.2. The summed E-state index contributed by atoms with van der Waals surface area (Å²) in [7, 11) is 0. The molecule has 0 radical (unpaired) electrons. The third kappa shape index (κ3) is 3.88. The van der Waals surface area contributed by atoms with Gasteiger partial charge in [0.25, 0.3) is 0 Å². The summed E-state index contributed by atoms with van der Waals surface area (Å²) < 4.78 is 0. The number of nitrogens with one attached hydrogen (secondary N) is 2. The first kappa shape index (κ1) is 12.5. The first-order valence-electron chi connectivity index (χ1n) is 5.49.